The van der Waals surface area contributed by atoms with E-state index in [-0.39, 0.29) is 17.4 Å². The number of hydrogen-bond acceptors (Lipinski definition) is 4. The molecule has 0 aromatic heterocycles. The molecule has 0 saturated heterocycles. The molecule has 0 saturated carbocycles. The molecule has 20 heavy (non-hydrogen) atoms. The Morgan fingerprint density at radius 3 is 2.70 bits per heavy atom. The van der Waals surface area contributed by atoms with E-state index in [9.17, 15) is 14.0 Å². The maximum Gasteiger partial charge on any atom is 0.344 e. The van der Waals surface area contributed by atoms with Gasteiger partial charge in [0.15, 0.2) is 18.2 Å². The van der Waals surface area contributed by atoms with E-state index in [2.05, 4.69) is 0 Å². The van der Waals surface area contributed by atoms with Crippen LogP contribution in [0.3, 0.4) is 0 Å². The van der Waals surface area contributed by atoms with Gasteiger partial charge < -0.3 is 14.6 Å². The Balaban J connectivity index is 2.83. The summed E-state index contributed by atoms with van der Waals surface area (Å²) in [7, 11) is 0. The van der Waals surface area contributed by atoms with Crippen molar-refractivity contribution in [3.8, 4) is 5.75 Å². The van der Waals surface area contributed by atoms with Gasteiger partial charge in [0, 0.05) is 11.6 Å². The molecule has 1 N–H and O–H groups in total. The fourth-order valence-electron chi connectivity index (χ4n) is 1.40. The molecule has 0 fully saturated rings. The molecule has 0 bridgehead atoms. The average molecular weight is 282 g/mol. The molecule has 1 aromatic carbocycles. The van der Waals surface area contributed by atoms with Crippen molar-refractivity contribution in [2.24, 2.45) is 0 Å². The third kappa shape index (κ3) is 5.09. The van der Waals surface area contributed by atoms with Gasteiger partial charge in [-0.15, -0.1) is 0 Å². The number of carbonyl (C=O) groups is 2. The fraction of sp³-hybridized carbons (Fsp3) is 0.286. The molecule has 1 rings (SSSR count). The van der Waals surface area contributed by atoms with Gasteiger partial charge in [0.2, 0.25) is 0 Å². The van der Waals surface area contributed by atoms with Crippen molar-refractivity contribution in [1.29, 1.82) is 0 Å². The van der Waals surface area contributed by atoms with E-state index in [0.717, 1.165) is 12.1 Å². The van der Waals surface area contributed by atoms with Crippen molar-refractivity contribution in [1.82, 2.24) is 0 Å². The summed E-state index contributed by atoms with van der Waals surface area (Å²) in [5.41, 5.74) is 0.227. The molecule has 0 radical (unpaired) electrons. The highest BCUT2D eigenvalue weighted by molar-refractivity contribution is 5.86. The second-order valence-electron chi connectivity index (χ2n) is 4.16. The van der Waals surface area contributed by atoms with Crippen molar-refractivity contribution in [3.05, 3.63) is 35.7 Å². The van der Waals surface area contributed by atoms with E-state index >= 15 is 0 Å². The van der Waals surface area contributed by atoms with Crippen molar-refractivity contribution in [3.63, 3.8) is 0 Å². The van der Waals surface area contributed by atoms with Gasteiger partial charge in [0.05, 0.1) is 6.10 Å². The van der Waals surface area contributed by atoms with Gasteiger partial charge >= 0.3 is 11.9 Å². The first-order valence-electron chi connectivity index (χ1n) is 5.92. The summed E-state index contributed by atoms with van der Waals surface area (Å²) in [6.07, 6.45) is 1.75. The number of ether oxygens (including phenoxy) is 2. The van der Waals surface area contributed by atoms with E-state index in [4.69, 9.17) is 14.6 Å². The van der Waals surface area contributed by atoms with Crippen LogP contribution in [0.25, 0.3) is 6.08 Å². The number of esters is 1. The number of halogens is 1. The average Bonchev–Trinajstić information content (AvgIpc) is 2.34. The molecular weight excluding hydrogens is 267 g/mol. The third-order valence-electron chi connectivity index (χ3n) is 2.10. The Hall–Kier alpha value is -2.37. The van der Waals surface area contributed by atoms with Gasteiger partial charge in [-0.1, -0.05) is 12.1 Å². The highest BCUT2D eigenvalue weighted by Crippen LogP contribution is 2.24. The lowest BCUT2D eigenvalue weighted by molar-refractivity contribution is -0.149. The largest absolute Gasteiger partial charge is 0.478 e. The van der Waals surface area contributed by atoms with Gasteiger partial charge in [-0.3, -0.25) is 0 Å². The Morgan fingerprint density at radius 1 is 1.40 bits per heavy atom. The molecule has 5 nitrogen and oxygen atoms in total. The lowest BCUT2D eigenvalue weighted by Crippen LogP contribution is -2.19. The van der Waals surface area contributed by atoms with Crippen LogP contribution < -0.4 is 4.74 Å². The Morgan fingerprint density at radius 2 is 2.10 bits per heavy atom. The topological polar surface area (TPSA) is 72.8 Å². The first-order valence-corrected chi connectivity index (χ1v) is 5.92. The molecule has 0 amide bonds. The van der Waals surface area contributed by atoms with Crippen molar-refractivity contribution < 1.29 is 28.6 Å². The molecule has 1 aromatic rings. The van der Waals surface area contributed by atoms with Gasteiger partial charge in [-0.05, 0) is 26.0 Å². The number of carboxylic acid groups (broad SMARTS) is 1. The first-order chi connectivity index (χ1) is 9.40. The zero-order valence-electron chi connectivity index (χ0n) is 11.1. The van der Waals surface area contributed by atoms with E-state index in [1.54, 1.807) is 13.8 Å². The number of aliphatic carboxylic acids is 1. The molecule has 0 spiro atoms. The van der Waals surface area contributed by atoms with Crippen LogP contribution in [0.15, 0.2) is 24.3 Å². The van der Waals surface area contributed by atoms with E-state index < -0.39 is 24.4 Å². The summed E-state index contributed by atoms with van der Waals surface area (Å²) in [6, 6.07) is 4.04. The fourth-order valence-corrected chi connectivity index (χ4v) is 1.40. The van der Waals surface area contributed by atoms with Crippen LogP contribution in [0.2, 0.25) is 0 Å². The minimum Gasteiger partial charge on any atom is -0.478 e. The molecule has 0 aliphatic heterocycles. The summed E-state index contributed by atoms with van der Waals surface area (Å²) < 4.78 is 23.5. The quantitative estimate of drug-likeness (QED) is 0.640. The Bertz CT molecular complexity index is 522. The maximum absolute atomic E-state index is 13.6. The van der Waals surface area contributed by atoms with Gasteiger partial charge in [-0.25, -0.2) is 14.0 Å². The van der Waals surface area contributed by atoms with E-state index in [1.165, 1.54) is 18.2 Å². The maximum atomic E-state index is 13.6. The number of hydrogen-bond donors (Lipinski definition) is 1. The van der Waals surface area contributed by atoms with Crippen LogP contribution in [-0.4, -0.2) is 29.8 Å². The van der Waals surface area contributed by atoms with E-state index in [1.807, 2.05) is 0 Å². The minimum atomic E-state index is -1.17. The van der Waals surface area contributed by atoms with Crippen LogP contribution in [0.5, 0.6) is 5.75 Å². The standard InChI is InChI=1S/C14H15FO5/c1-9(2)20-13(18)8-19-14-10(6-7-12(16)17)4-3-5-11(14)15/h3-7,9H,8H2,1-2H3,(H,16,17)/b7-6+. The molecular formula is C14H15FO5. The van der Waals surface area contributed by atoms with Crippen LogP contribution in [0.4, 0.5) is 4.39 Å². The molecule has 108 valence electrons. The minimum absolute atomic E-state index is 0.189. The second-order valence-corrected chi connectivity index (χ2v) is 4.16. The Labute approximate surface area is 115 Å². The number of carboxylic acids is 1. The number of para-hydroxylation sites is 1. The molecule has 0 aliphatic carbocycles. The lowest BCUT2D eigenvalue weighted by atomic mass is 10.2. The predicted octanol–water partition coefficient (Wildman–Crippen LogP) is 2.25. The molecule has 6 heteroatoms. The van der Waals surface area contributed by atoms with Crippen LogP contribution >= 0.6 is 0 Å². The number of benzene rings is 1. The SMILES string of the molecule is CC(C)OC(=O)COc1c(F)cccc1/C=C/C(=O)O. The molecule has 0 unspecified atom stereocenters. The number of rotatable bonds is 6. The highest BCUT2D eigenvalue weighted by atomic mass is 19.1. The van der Waals surface area contributed by atoms with Gasteiger partial charge in [0.25, 0.3) is 0 Å². The number of carbonyl (C=O) groups excluding carboxylic acids is 1. The monoisotopic (exact) mass is 282 g/mol. The smallest absolute Gasteiger partial charge is 0.344 e. The van der Waals surface area contributed by atoms with E-state index in [0.29, 0.717) is 0 Å². The highest BCUT2D eigenvalue weighted by Gasteiger charge is 2.12. The summed E-state index contributed by atoms with van der Waals surface area (Å²) >= 11 is 0. The zero-order valence-corrected chi connectivity index (χ0v) is 11.1. The summed E-state index contributed by atoms with van der Waals surface area (Å²) in [5, 5.41) is 8.56. The van der Waals surface area contributed by atoms with Crippen LogP contribution in [0.1, 0.15) is 19.4 Å². The van der Waals surface area contributed by atoms with Gasteiger partial charge in [-0.2, -0.15) is 0 Å². The lowest BCUT2D eigenvalue weighted by Gasteiger charge is -2.11. The molecule has 0 aliphatic rings. The molecule has 0 atom stereocenters. The van der Waals surface area contributed by atoms with Crippen LogP contribution in [-0.2, 0) is 14.3 Å². The van der Waals surface area contributed by atoms with Crippen molar-refractivity contribution >= 4 is 18.0 Å². The zero-order chi connectivity index (χ0) is 15.1. The first kappa shape index (κ1) is 15.7. The Kier molecular flexibility index (Phi) is 5.71. The summed E-state index contributed by atoms with van der Waals surface area (Å²) in [5.74, 6) is -2.67. The molecule has 0 heterocycles. The van der Waals surface area contributed by atoms with Crippen molar-refractivity contribution in [2.45, 2.75) is 20.0 Å². The second kappa shape index (κ2) is 7.28. The van der Waals surface area contributed by atoms with Crippen molar-refractivity contribution in [2.75, 3.05) is 6.61 Å². The summed E-state index contributed by atoms with van der Waals surface area (Å²) in [4.78, 5) is 21.8. The predicted molar refractivity (Wildman–Crippen MR) is 69.8 cm³/mol. The van der Waals surface area contributed by atoms with Gasteiger partial charge in [0.1, 0.15) is 0 Å². The normalized spacial score (nSPS) is 10.8. The summed E-state index contributed by atoms with van der Waals surface area (Å²) in [6.45, 7) is 2.91. The van der Waals surface area contributed by atoms with Crippen LogP contribution in [0, 0.1) is 5.82 Å². The third-order valence-corrected chi connectivity index (χ3v) is 2.10.